The summed E-state index contributed by atoms with van der Waals surface area (Å²) in [5, 5.41) is 9.97. The molecular weight excluding hydrogens is 171 g/mol. The lowest BCUT2D eigenvalue weighted by Crippen LogP contribution is -2.23. The van der Waals surface area contributed by atoms with E-state index < -0.39 is 0 Å². The Morgan fingerprint density at radius 1 is 1.00 bits per heavy atom. The van der Waals surface area contributed by atoms with Crippen LogP contribution in [0.5, 0.6) is 0 Å². The molecule has 3 rings (SSSR count). The van der Waals surface area contributed by atoms with E-state index in [0.29, 0.717) is 17.7 Å². The summed E-state index contributed by atoms with van der Waals surface area (Å²) in [6, 6.07) is 0. The topological polar surface area (TPSA) is 20.2 Å². The zero-order chi connectivity index (χ0) is 9.87. The fraction of sp³-hybridized carbons (Fsp3) is 1.00. The van der Waals surface area contributed by atoms with Crippen LogP contribution in [-0.4, -0.2) is 19.1 Å². The molecule has 0 aromatic carbocycles. The molecule has 1 N–H and O–H groups in total. The van der Waals surface area contributed by atoms with Gasteiger partial charge in [0.15, 0.2) is 0 Å². The van der Waals surface area contributed by atoms with E-state index in [9.17, 15) is 5.11 Å². The summed E-state index contributed by atoms with van der Waals surface area (Å²) in [5.41, 5.74) is 0. The minimum absolute atomic E-state index is 0.0206. The van der Waals surface area contributed by atoms with Crippen LogP contribution in [0.4, 0.5) is 0 Å². The first-order valence-corrected chi connectivity index (χ1v) is 6.14. The van der Waals surface area contributed by atoms with Crippen molar-refractivity contribution < 1.29 is 5.11 Å². The van der Waals surface area contributed by atoms with Gasteiger partial charge in [0, 0.05) is 0 Å². The molecule has 0 heterocycles. The van der Waals surface area contributed by atoms with Gasteiger partial charge >= 0.3 is 0 Å². The van der Waals surface area contributed by atoms with E-state index in [1.807, 2.05) is 0 Å². The smallest absolute Gasteiger partial charge is 0.0703 e. The summed E-state index contributed by atoms with van der Waals surface area (Å²) in [4.78, 5) is 0. The molecule has 14 heavy (non-hydrogen) atoms. The Kier molecular flexibility index (Phi) is 1.99. The minimum atomic E-state index is -0.0206. The number of hydrogen-bond donors (Lipinski definition) is 1. The highest BCUT2D eigenvalue weighted by molar-refractivity contribution is 6.12. The van der Waals surface area contributed by atoms with Crippen LogP contribution < -0.4 is 0 Å². The van der Waals surface area contributed by atoms with Gasteiger partial charge in [0.1, 0.15) is 0 Å². The van der Waals surface area contributed by atoms with Gasteiger partial charge in [0.25, 0.3) is 0 Å². The molecule has 76 valence electrons. The van der Waals surface area contributed by atoms with Crippen LogP contribution in [-0.2, 0) is 0 Å². The second kappa shape index (κ2) is 3.01. The molecule has 1 nitrogen and oxygen atoms in total. The predicted octanol–water partition coefficient (Wildman–Crippen LogP) is 2.01. The molecular formula is C12H19BO. The summed E-state index contributed by atoms with van der Waals surface area (Å²) in [5.74, 6) is 4.05. The maximum Gasteiger partial charge on any atom is 0.0703 e. The van der Waals surface area contributed by atoms with Gasteiger partial charge in [-0.05, 0) is 42.4 Å². The molecule has 7 unspecified atom stereocenters. The van der Waals surface area contributed by atoms with E-state index in [2.05, 4.69) is 6.92 Å². The molecule has 3 aliphatic carbocycles. The zero-order valence-electron chi connectivity index (χ0n) is 8.89. The van der Waals surface area contributed by atoms with E-state index in [-0.39, 0.29) is 6.10 Å². The summed E-state index contributed by atoms with van der Waals surface area (Å²) >= 11 is 0. The molecule has 2 radical (unpaired) electrons. The molecule has 0 amide bonds. The molecule has 3 fully saturated rings. The Bertz CT molecular complexity index is 218. The van der Waals surface area contributed by atoms with Gasteiger partial charge < -0.3 is 5.11 Å². The van der Waals surface area contributed by atoms with Crippen molar-refractivity contribution >= 4 is 7.85 Å². The molecule has 0 bridgehead atoms. The molecule has 2 heteroatoms. The predicted molar refractivity (Wildman–Crippen MR) is 57.1 cm³/mol. The fourth-order valence-electron chi connectivity index (χ4n) is 4.90. The van der Waals surface area contributed by atoms with Gasteiger partial charge in [-0.15, -0.1) is 0 Å². The van der Waals surface area contributed by atoms with Gasteiger partial charge in [-0.1, -0.05) is 25.6 Å². The third kappa shape index (κ3) is 1.01. The third-order valence-corrected chi connectivity index (χ3v) is 5.32. The fourth-order valence-corrected chi connectivity index (χ4v) is 4.90. The maximum absolute atomic E-state index is 9.97. The number of hydrogen-bond acceptors (Lipinski definition) is 1. The van der Waals surface area contributed by atoms with Gasteiger partial charge in [-0.3, -0.25) is 0 Å². The van der Waals surface area contributed by atoms with Crippen LogP contribution in [0.3, 0.4) is 0 Å². The average molecular weight is 190 g/mol. The van der Waals surface area contributed by atoms with Crippen molar-refractivity contribution in [3.63, 3.8) is 0 Å². The van der Waals surface area contributed by atoms with Crippen molar-refractivity contribution in [1.82, 2.24) is 0 Å². The Labute approximate surface area is 87.7 Å². The molecule has 0 spiro atoms. The number of aliphatic hydroxyl groups is 1. The third-order valence-electron chi connectivity index (χ3n) is 5.32. The molecule has 0 aliphatic heterocycles. The molecule has 3 aliphatic rings. The van der Waals surface area contributed by atoms with Crippen LogP contribution >= 0.6 is 0 Å². The summed E-state index contributed by atoms with van der Waals surface area (Å²) in [6.07, 6.45) is 4.82. The number of fused-ring (bicyclic) bond motifs is 3. The van der Waals surface area contributed by atoms with Crippen LogP contribution in [0.25, 0.3) is 0 Å². The maximum atomic E-state index is 9.97. The monoisotopic (exact) mass is 190 g/mol. The highest BCUT2D eigenvalue weighted by atomic mass is 16.3. The number of aliphatic hydroxyl groups excluding tert-OH is 1. The lowest BCUT2D eigenvalue weighted by Gasteiger charge is -2.25. The first kappa shape index (κ1) is 9.27. The van der Waals surface area contributed by atoms with Gasteiger partial charge in [0.2, 0.25) is 0 Å². The van der Waals surface area contributed by atoms with E-state index >= 15 is 0 Å². The van der Waals surface area contributed by atoms with E-state index in [0.717, 1.165) is 24.2 Å². The van der Waals surface area contributed by atoms with Crippen molar-refractivity contribution in [2.75, 3.05) is 0 Å². The lowest BCUT2D eigenvalue weighted by molar-refractivity contribution is 0.0954. The minimum Gasteiger partial charge on any atom is -0.393 e. The highest BCUT2D eigenvalue weighted by Gasteiger charge is 2.56. The van der Waals surface area contributed by atoms with Crippen molar-refractivity contribution in [3.8, 4) is 0 Å². The van der Waals surface area contributed by atoms with Crippen LogP contribution in [0.2, 0.25) is 5.82 Å². The molecule has 7 atom stereocenters. The van der Waals surface area contributed by atoms with E-state index in [4.69, 9.17) is 7.85 Å². The van der Waals surface area contributed by atoms with E-state index in [1.54, 1.807) is 0 Å². The van der Waals surface area contributed by atoms with Gasteiger partial charge in [0.05, 0.1) is 14.0 Å². The highest BCUT2D eigenvalue weighted by Crippen LogP contribution is 2.62. The van der Waals surface area contributed by atoms with Crippen LogP contribution in [0.15, 0.2) is 0 Å². The quantitative estimate of drug-likeness (QED) is 0.579. The molecule has 0 saturated heterocycles. The number of rotatable bonds is 0. The van der Waals surface area contributed by atoms with Gasteiger partial charge in [-0.25, -0.2) is 0 Å². The SMILES string of the molecule is [B]C1CCC2C3CCC(O)C3C(C)C12. The first-order chi connectivity index (χ1) is 6.70. The van der Waals surface area contributed by atoms with Crippen molar-refractivity contribution in [2.24, 2.45) is 29.6 Å². The Morgan fingerprint density at radius 2 is 1.64 bits per heavy atom. The normalized spacial score (nSPS) is 61.4. The van der Waals surface area contributed by atoms with E-state index in [1.165, 1.54) is 19.3 Å². The second-order valence-electron chi connectivity index (χ2n) is 5.73. The second-order valence-corrected chi connectivity index (χ2v) is 5.73. The van der Waals surface area contributed by atoms with Crippen molar-refractivity contribution in [3.05, 3.63) is 0 Å². The zero-order valence-corrected chi connectivity index (χ0v) is 8.89. The molecule has 0 aromatic heterocycles. The molecule has 0 aromatic rings. The largest absolute Gasteiger partial charge is 0.393 e. The average Bonchev–Trinajstić information content (AvgIpc) is 2.74. The van der Waals surface area contributed by atoms with Gasteiger partial charge in [-0.2, -0.15) is 0 Å². The van der Waals surface area contributed by atoms with Crippen molar-refractivity contribution in [1.29, 1.82) is 0 Å². The van der Waals surface area contributed by atoms with Crippen LogP contribution in [0, 0.1) is 29.6 Å². The Morgan fingerprint density at radius 3 is 2.43 bits per heavy atom. The standard InChI is InChI=1S/C12H19BO/c1-6-11-7(2-4-9(11)13)8-3-5-10(14)12(6)8/h6-12,14H,2-5H2,1H3. The Balaban J connectivity index is 1.90. The Hall–Kier alpha value is 0.0249. The lowest BCUT2D eigenvalue weighted by atomic mass is 9.72. The summed E-state index contributed by atoms with van der Waals surface area (Å²) in [6.45, 7) is 2.32. The molecule has 3 saturated carbocycles. The van der Waals surface area contributed by atoms with Crippen LogP contribution in [0.1, 0.15) is 32.6 Å². The first-order valence-electron chi connectivity index (χ1n) is 6.14. The summed E-state index contributed by atoms with van der Waals surface area (Å²) in [7, 11) is 6.18. The van der Waals surface area contributed by atoms with Crippen molar-refractivity contribution in [2.45, 2.75) is 44.5 Å². The summed E-state index contributed by atoms with van der Waals surface area (Å²) < 4.78 is 0.